The number of nitrogens with two attached hydrogens (primary N) is 1. The highest BCUT2D eigenvalue weighted by Gasteiger charge is 2.08. The Hall–Kier alpha value is -1.16. The molecule has 0 aromatic carbocycles. The third-order valence-electron chi connectivity index (χ3n) is 1.71. The molecule has 0 aliphatic rings. The summed E-state index contributed by atoms with van der Waals surface area (Å²) in [6, 6.07) is 0. The van der Waals surface area contributed by atoms with Gasteiger partial charge in [-0.1, -0.05) is 0 Å². The van der Waals surface area contributed by atoms with E-state index < -0.39 is 0 Å². The molecule has 0 radical (unpaired) electrons. The summed E-state index contributed by atoms with van der Waals surface area (Å²) < 4.78 is 1.82. The minimum Gasteiger partial charge on any atom is -0.330 e. The van der Waals surface area contributed by atoms with Crippen LogP contribution in [0.3, 0.4) is 0 Å². The van der Waals surface area contributed by atoms with E-state index in [9.17, 15) is 4.79 Å². The lowest BCUT2D eigenvalue weighted by atomic mass is 10.2. The first-order chi connectivity index (χ1) is 5.79. The van der Waals surface area contributed by atoms with Gasteiger partial charge in [-0.05, 0) is 13.5 Å². The molecule has 1 aromatic rings. The molecule has 1 aromatic heterocycles. The van der Waals surface area contributed by atoms with Crippen LogP contribution in [0, 0.1) is 0 Å². The number of aryl methyl sites for hydroxylation is 1. The Bertz CT molecular complexity index is 267. The smallest absolute Gasteiger partial charge is 0.182 e. The van der Waals surface area contributed by atoms with E-state index in [-0.39, 0.29) is 5.78 Å². The Morgan fingerprint density at radius 1 is 1.75 bits per heavy atom. The Morgan fingerprint density at radius 2 is 2.50 bits per heavy atom. The van der Waals surface area contributed by atoms with Crippen molar-refractivity contribution in [1.82, 2.24) is 9.55 Å². The Labute approximate surface area is 71.4 Å². The summed E-state index contributed by atoms with van der Waals surface area (Å²) in [5.74, 6) is 0.0665. The predicted octanol–water partition coefficient (Wildman–Crippen LogP) is 0.434. The van der Waals surface area contributed by atoms with Crippen molar-refractivity contribution in [1.29, 1.82) is 0 Å². The van der Waals surface area contributed by atoms with Gasteiger partial charge in [-0.15, -0.1) is 0 Å². The molecule has 1 rings (SSSR count). The van der Waals surface area contributed by atoms with Crippen molar-refractivity contribution in [2.24, 2.45) is 5.73 Å². The number of aromatic nitrogens is 2. The zero-order valence-electron chi connectivity index (χ0n) is 7.16. The van der Waals surface area contributed by atoms with Gasteiger partial charge < -0.3 is 10.3 Å². The lowest BCUT2D eigenvalue weighted by Gasteiger charge is -2.01. The van der Waals surface area contributed by atoms with E-state index in [4.69, 9.17) is 5.73 Å². The van der Waals surface area contributed by atoms with Crippen molar-refractivity contribution in [3.8, 4) is 0 Å². The van der Waals surface area contributed by atoms with Crippen LogP contribution in [0.25, 0.3) is 0 Å². The zero-order chi connectivity index (χ0) is 8.97. The van der Waals surface area contributed by atoms with Crippen molar-refractivity contribution >= 4 is 5.78 Å². The second-order valence-corrected chi connectivity index (χ2v) is 2.53. The molecule has 0 aliphatic heterocycles. The van der Waals surface area contributed by atoms with Crippen LogP contribution in [-0.4, -0.2) is 21.9 Å². The predicted molar refractivity (Wildman–Crippen MR) is 45.9 cm³/mol. The van der Waals surface area contributed by atoms with Crippen molar-refractivity contribution in [2.75, 3.05) is 6.54 Å². The van der Waals surface area contributed by atoms with Crippen LogP contribution in [0.15, 0.2) is 12.5 Å². The first-order valence-corrected chi connectivity index (χ1v) is 4.03. The van der Waals surface area contributed by atoms with Gasteiger partial charge >= 0.3 is 0 Å². The van der Waals surface area contributed by atoms with Crippen molar-refractivity contribution in [2.45, 2.75) is 19.9 Å². The van der Waals surface area contributed by atoms with Crippen LogP contribution in [0.4, 0.5) is 0 Å². The molecule has 12 heavy (non-hydrogen) atoms. The number of ketones is 1. The van der Waals surface area contributed by atoms with Crippen molar-refractivity contribution in [3.63, 3.8) is 0 Å². The third kappa shape index (κ3) is 1.71. The maximum Gasteiger partial charge on any atom is 0.182 e. The van der Waals surface area contributed by atoms with E-state index in [1.165, 1.54) is 0 Å². The molecule has 2 N–H and O–H groups in total. The molecule has 0 spiro atoms. The van der Waals surface area contributed by atoms with Crippen LogP contribution in [-0.2, 0) is 6.54 Å². The molecule has 4 heteroatoms. The van der Waals surface area contributed by atoms with Gasteiger partial charge in [0, 0.05) is 13.0 Å². The van der Waals surface area contributed by atoms with E-state index >= 15 is 0 Å². The second kappa shape index (κ2) is 4.01. The fraction of sp³-hybridized carbons (Fsp3) is 0.500. The number of rotatable bonds is 4. The average molecular weight is 167 g/mol. The van der Waals surface area contributed by atoms with Crippen LogP contribution < -0.4 is 5.73 Å². The fourth-order valence-corrected chi connectivity index (χ4v) is 1.06. The lowest BCUT2D eigenvalue weighted by Crippen LogP contribution is -2.12. The average Bonchev–Trinajstić information content (AvgIpc) is 2.51. The molecule has 0 unspecified atom stereocenters. The number of hydrogen-bond acceptors (Lipinski definition) is 3. The first kappa shape index (κ1) is 8.93. The summed E-state index contributed by atoms with van der Waals surface area (Å²) in [6.45, 7) is 3.14. The standard InChI is InChI=1S/C8H13N3O/c1-2-11-6-10-5-7(11)8(12)3-4-9/h5-6H,2-4,9H2,1H3. The summed E-state index contributed by atoms with van der Waals surface area (Å²) in [5, 5.41) is 0. The second-order valence-electron chi connectivity index (χ2n) is 2.53. The molecular weight excluding hydrogens is 154 g/mol. The van der Waals surface area contributed by atoms with Gasteiger partial charge in [-0.2, -0.15) is 0 Å². The molecule has 0 saturated carbocycles. The summed E-state index contributed by atoms with van der Waals surface area (Å²) in [6.07, 6.45) is 3.64. The van der Waals surface area contributed by atoms with E-state index in [1.54, 1.807) is 12.5 Å². The highest BCUT2D eigenvalue weighted by Crippen LogP contribution is 2.02. The summed E-state index contributed by atoms with van der Waals surface area (Å²) in [5.41, 5.74) is 5.93. The zero-order valence-corrected chi connectivity index (χ0v) is 7.16. The van der Waals surface area contributed by atoms with E-state index in [0.29, 0.717) is 18.7 Å². The summed E-state index contributed by atoms with van der Waals surface area (Å²) >= 11 is 0. The molecule has 1 heterocycles. The largest absolute Gasteiger partial charge is 0.330 e. The third-order valence-corrected chi connectivity index (χ3v) is 1.71. The van der Waals surface area contributed by atoms with Gasteiger partial charge in [0.1, 0.15) is 5.69 Å². The van der Waals surface area contributed by atoms with E-state index in [2.05, 4.69) is 4.98 Å². The number of carbonyl (C=O) groups excluding carboxylic acids is 1. The molecule has 0 bridgehead atoms. The van der Waals surface area contributed by atoms with Crippen LogP contribution in [0.1, 0.15) is 23.8 Å². The maximum atomic E-state index is 11.3. The fourth-order valence-electron chi connectivity index (χ4n) is 1.06. The Kier molecular flexibility index (Phi) is 2.99. The van der Waals surface area contributed by atoms with Gasteiger partial charge in [0.2, 0.25) is 0 Å². The number of nitrogens with zero attached hydrogens (tertiary/aromatic N) is 2. The summed E-state index contributed by atoms with van der Waals surface area (Å²) in [7, 11) is 0. The van der Waals surface area contributed by atoms with Gasteiger partial charge in [-0.25, -0.2) is 4.98 Å². The number of carbonyl (C=O) groups is 1. The van der Waals surface area contributed by atoms with Gasteiger partial charge in [0.25, 0.3) is 0 Å². The SMILES string of the molecule is CCn1cncc1C(=O)CCN. The minimum atomic E-state index is 0.0665. The first-order valence-electron chi connectivity index (χ1n) is 4.03. The highest BCUT2D eigenvalue weighted by molar-refractivity contribution is 5.94. The van der Waals surface area contributed by atoms with Gasteiger partial charge in [0.05, 0.1) is 12.5 Å². The van der Waals surface area contributed by atoms with Crippen LogP contribution in [0.2, 0.25) is 0 Å². The van der Waals surface area contributed by atoms with Gasteiger partial charge in [0.15, 0.2) is 5.78 Å². The lowest BCUT2D eigenvalue weighted by molar-refractivity contribution is 0.0976. The molecule has 0 saturated heterocycles. The molecule has 0 aliphatic carbocycles. The maximum absolute atomic E-state index is 11.3. The summed E-state index contributed by atoms with van der Waals surface area (Å²) in [4.78, 5) is 15.2. The highest BCUT2D eigenvalue weighted by atomic mass is 16.1. The van der Waals surface area contributed by atoms with Crippen LogP contribution >= 0.6 is 0 Å². The molecule has 0 fully saturated rings. The minimum absolute atomic E-state index is 0.0665. The van der Waals surface area contributed by atoms with E-state index in [1.807, 2.05) is 11.5 Å². The Morgan fingerprint density at radius 3 is 3.08 bits per heavy atom. The number of imidazole rings is 1. The monoisotopic (exact) mass is 167 g/mol. The molecule has 4 nitrogen and oxygen atoms in total. The molecule has 66 valence electrons. The molecule has 0 amide bonds. The topological polar surface area (TPSA) is 60.9 Å². The van der Waals surface area contributed by atoms with Gasteiger partial charge in [-0.3, -0.25) is 4.79 Å². The quantitative estimate of drug-likeness (QED) is 0.662. The van der Waals surface area contributed by atoms with Crippen molar-refractivity contribution < 1.29 is 4.79 Å². The normalized spacial score (nSPS) is 10.2. The van der Waals surface area contributed by atoms with Crippen LogP contribution in [0.5, 0.6) is 0 Å². The molecular formula is C8H13N3O. The van der Waals surface area contributed by atoms with E-state index in [0.717, 1.165) is 6.54 Å². The Balaban J connectivity index is 2.79. The number of Topliss-reactive ketones (excluding diaryl/α,β-unsaturated/α-hetero) is 1. The molecule has 0 atom stereocenters. The number of hydrogen-bond donors (Lipinski definition) is 1. The van der Waals surface area contributed by atoms with Crippen molar-refractivity contribution in [3.05, 3.63) is 18.2 Å².